The Balaban J connectivity index is 1.00. The Morgan fingerprint density at radius 2 is 2.00 bits per heavy atom. The fraction of sp³-hybridized carbons (Fsp3) is 0.519. The van der Waals surface area contributed by atoms with Gasteiger partial charge in [-0.05, 0) is 67.4 Å². The van der Waals surface area contributed by atoms with Crippen molar-refractivity contribution in [3.8, 4) is 5.75 Å². The van der Waals surface area contributed by atoms with E-state index in [0.29, 0.717) is 37.9 Å². The van der Waals surface area contributed by atoms with Crippen molar-refractivity contribution in [2.45, 2.75) is 62.4 Å². The number of carbonyl (C=O) groups is 3. The van der Waals surface area contributed by atoms with Gasteiger partial charge in [-0.2, -0.15) is 0 Å². The molecular weight excluding hydrogens is 498 g/mol. The standard InChI is InChI=1S/C27H25NO10/c1-25-9-8-17-18(13-35-23(17)30)19(25)12-20-26(37-20)22(29)14(11-21-27(25,26)38-21)3-2-10-34-24(31)36-16-6-4-15(5-7-16)28(32)33/h4-7,11,19-21H,2-3,8-10,12-13H2,1H3. The van der Waals surface area contributed by atoms with Gasteiger partial charge in [0.05, 0.1) is 17.6 Å². The number of rotatable bonds is 6. The summed E-state index contributed by atoms with van der Waals surface area (Å²) in [5.41, 5.74) is 0.316. The number of esters is 1. The summed E-state index contributed by atoms with van der Waals surface area (Å²) in [6.07, 6.45) is 3.31. The summed E-state index contributed by atoms with van der Waals surface area (Å²) in [4.78, 5) is 48.1. The van der Waals surface area contributed by atoms with Crippen LogP contribution in [0.15, 0.2) is 47.1 Å². The first kappa shape index (κ1) is 23.5. The van der Waals surface area contributed by atoms with Crippen LogP contribution in [-0.2, 0) is 28.5 Å². The highest BCUT2D eigenvalue weighted by molar-refractivity contribution is 6.08. The van der Waals surface area contributed by atoms with E-state index in [1.54, 1.807) is 0 Å². The predicted molar refractivity (Wildman–Crippen MR) is 126 cm³/mol. The van der Waals surface area contributed by atoms with E-state index in [9.17, 15) is 24.5 Å². The number of nitro benzene ring substituents is 1. The summed E-state index contributed by atoms with van der Waals surface area (Å²) < 4.78 is 28.1. The van der Waals surface area contributed by atoms with Crippen LogP contribution in [-0.4, -0.2) is 59.5 Å². The number of non-ortho nitro benzene ring substituents is 1. The normalized spacial score (nSPS) is 37.5. The SMILES string of the molecule is CC12CCC3=C(COC3=O)C1CC1OC13C(=O)C(CCCOC(=O)Oc1ccc([N+](=O)[O-])cc1)=CC1OC123. The Kier molecular flexibility index (Phi) is 4.79. The van der Waals surface area contributed by atoms with Crippen LogP contribution in [0.2, 0.25) is 0 Å². The molecule has 7 rings (SSSR count). The van der Waals surface area contributed by atoms with Crippen LogP contribution in [0.3, 0.4) is 0 Å². The quantitative estimate of drug-likeness (QED) is 0.136. The number of fused-ring (bicyclic) bond motifs is 2. The van der Waals surface area contributed by atoms with Crippen LogP contribution < -0.4 is 4.74 Å². The van der Waals surface area contributed by atoms with Crippen molar-refractivity contribution in [1.29, 1.82) is 0 Å². The largest absolute Gasteiger partial charge is 0.513 e. The summed E-state index contributed by atoms with van der Waals surface area (Å²) in [6.45, 7) is 2.52. The Morgan fingerprint density at radius 3 is 2.76 bits per heavy atom. The molecule has 0 N–H and O–H groups in total. The number of Topliss-reactive ketones (excluding diaryl/α,β-unsaturated/α-hetero) is 1. The maximum atomic E-state index is 13.8. The predicted octanol–water partition coefficient (Wildman–Crippen LogP) is 3.35. The average Bonchev–Trinajstić information content (AvgIpc) is 3.77. The van der Waals surface area contributed by atoms with Gasteiger partial charge in [-0.15, -0.1) is 0 Å². The van der Waals surface area contributed by atoms with Gasteiger partial charge in [-0.3, -0.25) is 14.9 Å². The Hall–Kier alpha value is -3.57. The number of epoxide rings is 2. The highest BCUT2D eigenvalue weighted by atomic mass is 16.7. The number of cyclic esters (lactones) is 1. The number of nitro groups is 1. The molecule has 11 heteroatoms. The van der Waals surface area contributed by atoms with Gasteiger partial charge in [0.25, 0.3) is 5.69 Å². The second kappa shape index (κ2) is 7.73. The number of ketones is 1. The van der Waals surface area contributed by atoms with E-state index in [4.69, 9.17) is 23.7 Å². The molecule has 1 aromatic carbocycles. The lowest BCUT2D eigenvalue weighted by atomic mass is 9.48. The molecule has 0 radical (unpaired) electrons. The molecule has 0 amide bonds. The number of ether oxygens (including phenoxy) is 5. The van der Waals surface area contributed by atoms with E-state index < -0.39 is 22.3 Å². The molecule has 3 aliphatic heterocycles. The smallest absolute Gasteiger partial charge is 0.458 e. The lowest BCUT2D eigenvalue weighted by Gasteiger charge is -2.51. The van der Waals surface area contributed by atoms with Gasteiger partial charge < -0.3 is 23.7 Å². The minimum atomic E-state index is -0.982. The first-order valence-electron chi connectivity index (χ1n) is 12.8. The van der Waals surface area contributed by atoms with Crippen LogP contribution in [0.25, 0.3) is 0 Å². The summed E-state index contributed by atoms with van der Waals surface area (Å²) in [5, 5.41) is 10.7. The van der Waals surface area contributed by atoms with Crippen molar-refractivity contribution in [2.24, 2.45) is 11.3 Å². The highest BCUT2D eigenvalue weighted by Crippen LogP contribution is 2.77. The Labute approximate surface area is 216 Å². The molecule has 1 saturated carbocycles. The molecular formula is C27H25NO10. The molecule has 11 nitrogen and oxygen atoms in total. The lowest BCUT2D eigenvalue weighted by molar-refractivity contribution is -0.384. The minimum Gasteiger partial charge on any atom is -0.458 e. The number of nitrogens with zero attached hydrogens (tertiary/aromatic N) is 1. The molecule has 3 fully saturated rings. The number of hydrogen-bond acceptors (Lipinski definition) is 10. The second-order valence-electron chi connectivity index (χ2n) is 11.0. The fourth-order valence-electron chi connectivity index (χ4n) is 7.50. The Bertz CT molecular complexity index is 1360. The fourth-order valence-corrected chi connectivity index (χ4v) is 7.50. The van der Waals surface area contributed by atoms with Crippen molar-refractivity contribution in [2.75, 3.05) is 13.2 Å². The van der Waals surface area contributed by atoms with Gasteiger partial charge >= 0.3 is 12.1 Å². The van der Waals surface area contributed by atoms with Crippen molar-refractivity contribution >= 4 is 23.6 Å². The zero-order chi connectivity index (χ0) is 26.4. The van der Waals surface area contributed by atoms with E-state index in [1.807, 2.05) is 6.08 Å². The molecule has 3 heterocycles. The van der Waals surface area contributed by atoms with Gasteiger partial charge in [0.1, 0.15) is 24.1 Å². The van der Waals surface area contributed by atoms with E-state index in [-0.39, 0.29) is 53.3 Å². The summed E-state index contributed by atoms with van der Waals surface area (Å²) >= 11 is 0. The third-order valence-electron chi connectivity index (χ3n) is 9.35. The van der Waals surface area contributed by atoms with Gasteiger partial charge in [0, 0.05) is 23.1 Å². The third kappa shape index (κ3) is 2.94. The van der Waals surface area contributed by atoms with E-state index in [1.165, 1.54) is 24.3 Å². The third-order valence-corrected chi connectivity index (χ3v) is 9.35. The van der Waals surface area contributed by atoms with Crippen LogP contribution in [0, 0.1) is 21.4 Å². The molecule has 6 atom stereocenters. The molecule has 6 aliphatic rings. The molecule has 1 aromatic rings. The maximum absolute atomic E-state index is 13.8. The monoisotopic (exact) mass is 523 g/mol. The first-order chi connectivity index (χ1) is 18.2. The van der Waals surface area contributed by atoms with Crippen molar-refractivity contribution < 1.29 is 43.0 Å². The molecule has 38 heavy (non-hydrogen) atoms. The summed E-state index contributed by atoms with van der Waals surface area (Å²) in [6, 6.07) is 5.09. The molecule has 6 unspecified atom stereocenters. The first-order valence-corrected chi connectivity index (χ1v) is 12.8. The summed E-state index contributed by atoms with van der Waals surface area (Å²) in [5.74, 6) is -0.0569. The van der Waals surface area contributed by atoms with E-state index >= 15 is 0 Å². The second-order valence-corrected chi connectivity index (χ2v) is 11.0. The van der Waals surface area contributed by atoms with Crippen LogP contribution >= 0.6 is 0 Å². The van der Waals surface area contributed by atoms with Gasteiger partial charge in [0.2, 0.25) is 0 Å². The topological polar surface area (TPSA) is 147 Å². The number of hydrogen-bond donors (Lipinski definition) is 0. The molecule has 0 aromatic heterocycles. The van der Waals surface area contributed by atoms with Crippen LogP contribution in [0.4, 0.5) is 10.5 Å². The van der Waals surface area contributed by atoms with Gasteiger partial charge in [-0.1, -0.05) is 6.92 Å². The zero-order valence-corrected chi connectivity index (χ0v) is 20.6. The molecule has 198 valence electrons. The molecule has 3 aliphatic carbocycles. The molecule has 2 saturated heterocycles. The maximum Gasteiger partial charge on any atom is 0.513 e. The van der Waals surface area contributed by atoms with Crippen LogP contribution in [0.1, 0.15) is 39.0 Å². The van der Waals surface area contributed by atoms with E-state index in [2.05, 4.69) is 6.92 Å². The van der Waals surface area contributed by atoms with Gasteiger partial charge in [0.15, 0.2) is 11.4 Å². The number of carbonyl (C=O) groups excluding carboxylic acids is 3. The van der Waals surface area contributed by atoms with Crippen LogP contribution in [0.5, 0.6) is 5.75 Å². The van der Waals surface area contributed by atoms with Crippen molar-refractivity contribution in [3.05, 3.63) is 57.2 Å². The zero-order valence-electron chi connectivity index (χ0n) is 20.6. The van der Waals surface area contributed by atoms with E-state index in [0.717, 1.165) is 17.6 Å². The molecule has 0 bridgehead atoms. The minimum absolute atomic E-state index is 0.0368. The highest BCUT2D eigenvalue weighted by Gasteiger charge is 2.92. The number of benzene rings is 1. The molecule has 2 spiro atoms. The van der Waals surface area contributed by atoms with Crippen molar-refractivity contribution in [3.63, 3.8) is 0 Å². The summed E-state index contributed by atoms with van der Waals surface area (Å²) in [7, 11) is 0. The Morgan fingerprint density at radius 1 is 1.21 bits per heavy atom. The van der Waals surface area contributed by atoms with Crippen molar-refractivity contribution in [1.82, 2.24) is 0 Å². The lowest BCUT2D eigenvalue weighted by Crippen LogP contribution is -2.63. The van der Waals surface area contributed by atoms with Gasteiger partial charge in [-0.25, -0.2) is 9.59 Å². The average molecular weight is 523 g/mol.